The van der Waals surface area contributed by atoms with Crippen molar-refractivity contribution in [3.63, 3.8) is 0 Å². The molecule has 0 saturated carbocycles. The van der Waals surface area contributed by atoms with E-state index in [-0.39, 0.29) is 21.7 Å². The average Bonchev–Trinajstić information content (AvgIpc) is 2.26. The van der Waals surface area contributed by atoms with E-state index >= 15 is 0 Å². The minimum absolute atomic E-state index is 0. The molecule has 17 heteroatoms. The van der Waals surface area contributed by atoms with Gasteiger partial charge in [-0.25, -0.2) is 0 Å². The van der Waals surface area contributed by atoms with Gasteiger partial charge in [0.1, 0.15) is 0 Å². The van der Waals surface area contributed by atoms with Crippen LogP contribution in [0.3, 0.4) is 0 Å². The molecule has 0 heterocycles. The monoisotopic (exact) mass is 660 g/mol. The predicted molar refractivity (Wildman–Crippen MR) is 86.1 cm³/mol. The van der Waals surface area contributed by atoms with Crippen LogP contribution in [0.25, 0.3) is 0 Å². The van der Waals surface area contributed by atoms with E-state index in [2.05, 4.69) is 13.3 Å². The maximum atomic E-state index is 9.93. The second-order valence-electron chi connectivity index (χ2n) is 9.86. The van der Waals surface area contributed by atoms with Gasteiger partial charge in [0.25, 0.3) is 0 Å². The normalized spacial score (nSPS) is 11.2. The molecule has 0 saturated heterocycles. The van der Waals surface area contributed by atoms with Crippen molar-refractivity contribution in [2.24, 2.45) is 0 Å². The van der Waals surface area contributed by atoms with Crippen LogP contribution in [0.4, 0.5) is 0 Å². The molecule has 0 aliphatic rings. The Balaban J connectivity index is -0.000000105. The first kappa shape index (κ1) is 45.4. The van der Waals surface area contributed by atoms with E-state index in [0.717, 1.165) is 0 Å². The second-order valence-corrected chi connectivity index (χ2v) is 14.3. The molecule has 0 aliphatic heterocycles. The standard InChI is InChI=1S/4C4H9O.8O.5Ti/c4*1-4(2,3)5;;;;;;;;;;;;;/h4*1-3H3;;;;;;;;;;;;;/q4*-1;;;;;4*-1;4*+1;+4. The minimum Gasteiger partial charge on any atom is 4.00 e. The predicted octanol–water partition coefficient (Wildman–Crippen LogP) is -0.180. The van der Waals surface area contributed by atoms with Crippen LogP contribution in [-0.4, -0.2) is 22.4 Å². The molecule has 192 valence electrons. The first-order valence-corrected chi connectivity index (χ1v) is 16.9. The Kier molecular flexibility index (Phi) is 29.4. The van der Waals surface area contributed by atoms with Crippen LogP contribution in [0.1, 0.15) is 83.1 Å². The molecule has 0 aromatic heterocycles. The maximum absolute atomic E-state index is 9.93. The molecule has 12 nitrogen and oxygen atoms in total. The van der Waals surface area contributed by atoms with E-state index in [0.29, 0.717) is 0 Å². The molecule has 0 fully saturated rings. The molecule has 0 radical (unpaired) electrons. The second kappa shape index (κ2) is 21.4. The van der Waals surface area contributed by atoms with Gasteiger partial charge in [-0.05, 0) is 0 Å². The molecule has 0 unspecified atom stereocenters. The zero-order valence-corrected chi connectivity index (χ0v) is 29.2. The van der Waals surface area contributed by atoms with Gasteiger partial charge in [-0.15, -0.1) is 0 Å². The third kappa shape index (κ3) is 72.0. The van der Waals surface area contributed by atoms with Gasteiger partial charge in [-0.3, -0.25) is 0 Å². The first-order chi connectivity index (χ1) is 13.7. The molecule has 33 heavy (non-hydrogen) atoms. The van der Waals surface area contributed by atoms with Gasteiger partial charge in [-0.1, -0.05) is 0 Å². The summed E-state index contributed by atoms with van der Waals surface area (Å²) in [6.07, 6.45) is 0. The average molecular weight is 660 g/mol. The molecule has 0 aromatic carbocycles. The van der Waals surface area contributed by atoms with Gasteiger partial charge in [-0.2, -0.15) is 0 Å². The Bertz CT molecular complexity index is 483. The molecular weight excluding hydrogens is 623 g/mol. The van der Waals surface area contributed by atoms with Crippen LogP contribution in [-0.2, 0) is 123 Å². The molecule has 0 N–H and O–H groups in total. The van der Waals surface area contributed by atoms with E-state index < -0.39 is 96.9 Å². The zero-order chi connectivity index (χ0) is 27.1. The van der Waals surface area contributed by atoms with E-state index in [4.69, 9.17) is 0 Å². The maximum Gasteiger partial charge on any atom is 4.00 e. The quantitative estimate of drug-likeness (QED) is 0.362. The zero-order valence-electron chi connectivity index (χ0n) is 21.4. The van der Waals surface area contributed by atoms with Crippen molar-refractivity contribution >= 4 is 0 Å². The van der Waals surface area contributed by atoms with E-state index in [1.807, 2.05) is 0 Å². The summed E-state index contributed by atoms with van der Waals surface area (Å²) in [5.74, 6) is 0. The minimum atomic E-state index is -3.52. The molecule has 0 amide bonds. The van der Waals surface area contributed by atoms with Crippen LogP contribution in [0.5, 0.6) is 0 Å². The van der Waals surface area contributed by atoms with Crippen molar-refractivity contribution < 1.29 is 138 Å². The summed E-state index contributed by atoms with van der Waals surface area (Å²) < 4.78 is 97.4. The topological polar surface area (TPSA) is 197 Å². The molecule has 0 rings (SSSR count). The molecule has 0 bridgehead atoms. The Morgan fingerprint density at radius 1 is 0.394 bits per heavy atom. The third-order valence-corrected chi connectivity index (χ3v) is 6.42. The van der Waals surface area contributed by atoms with Crippen molar-refractivity contribution in [1.29, 1.82) is 0 Å². The van der Waals surface area contributed by atoms with Crippen molar-refractivity contribution in [2.75, 3.05) is 0 Å². The van der Waals surface area contributed by atoms with Crippen LogP contribution in [0.15, 0.2) is 0 Å². The summed E-state index contributed by atoms with van der Waals surface area (Å²) in [6, 6.07) is 0. The first-order valence-electron chi connectivity index (χ1n) is 9.27. The fraction of sp³-hybridized carbons (Fsp3) is 1.00. The number of hydrogen-bond acceptors (Lipinski definition) is 12. The molecule has 0 spiro atoms. The summed E-state index contributed by atoms with van der Waals surface area (Å²) in [6.45, 7) is 20.4. The van der Waals surface area contributed by atoms with Gasteiger partial charge in [0.05, 0.1) is 0 Å². The summed E-state index contributed by atoms with van der Waals surface area (Å²) in [5.41, 5.74) is -2.12. The SMILES string of the molecule is CC(C)(C)[O][Ti](=[O])[O-].CC(C)(C)[O][Ti](=[O])[O-].CC(C)(C)[O][Ti](=[O])[O-].CC(C)(C)[O][Ti](=[O])[O-].[Ti+4]. The van der Waals surface area contributed by atoms with Crippen molar-refractivity contribution in [3.8, 4) is 0 Å². The largest absolute Gasteiger partial charge is 4.00 e. The molecular formula is C16H36O12Ti5. The van der Waals surface area contributed by atoms with Crippen molar-refractivity contribution in [2.45, 2.75) is 105 Å². The number of hydrogen-bond donors (Lipinski definition) is 0. The van der Waals surface area contributed by atoms with Gasteiger partial charge in [0.2, 0.25) is 0 Å². The van der Waals surface area contributed by atoms with E-state index in [9.17, 15) is 28.1 Å². The van der Waals surface area contributed by atoms with Crippen molar-refractivity contribution in [3.05, 3.63) is 0 Å². The van der Waals surface area contributed by atoms with E-state index in [1.165, 1.54) is 0 Å². The summed E-state index contributed by atoms with van der Waals surface area (Å²) in [5, 5.41) is 0. The third-order valence-electron chi connectivity index (χ3n) is 1.56. The van der Waals surface area contributed by atoms with Crippen LogP contribution >= 0.6 is 0 Å². The molecule has 0 aromatic rings. The fourth-order valence-electron chi connectivity index (χ4n) is 1.000. The Morgan fingerprint density at radius 3 is 0.485 bits per heavy atom. The fourth-order valence-corrected chi connectivity index (χ4v) is 4.12. The van der Waals surface area contributed by atoms with Gasteiger partial charge >= 0.3 is 243 Å². The Labute approximate surface area is 240 Å². The van der Waals surface area contributed by atoms with Crippen LogP contribution < -0.4 is 14.8 Å². The van der Waals surface area contributed by atoms with Gasteiger partial charge in [0, 0.05) is 0 Å². The van der Waals surface area contributed by atoms with E-state index in [1.54, 1.807) is 83.1 Å². The molecule has 0 atom stereocenters. The van der Waals surface area contributed by atoms with Crippen LogP contribution in [0.2, 0.25) is 0 Å². The van der Waals surface area contributed by atoms with Crippen molar-refractivity contribution in [1.82, 2.24) is 0 Å². The van der Waals surface area contributed by atoms with Crippen LogP contribution in [0, 0.1) is 0 Å². The summed E-state index contributed by atoms with van der Waals surface area (Å²) >= 11 is -14.1. The molecule has 0 aliphatic carbocycles. The Morgan fingerprint density at radius 2 is 0.485 bits per heavy atom. The summed E-state index contributed by atoms with van der Waals surface area (Å²) in [4.78, 5) is 0. The Hall–Kier alpha value is 2.45. The smallest absolute Gasteiger partial charge is 4.00 e. The number of rotatable bonds is 4. The summed E-state index contributed by atoms with van der Waals surface area (Å²) in [7, 11) is 0. The van der Waals surface area contributed by atoms with Gasteiger partial charge < -0.3 is 0 Å². The van der Waals surface area contributed by atoms with Gasteiger partial charge in [0.15, 0.2) is 0 Å².